The molecule has 0 aliphatic carbocycles. The van der Waals surface area contributed by atoms with Crippen molar-refractivity contribution in [1.29, 1.82) is 0 Å². The molecular formula is C11H14F2N4O2. The standard InChI is InChI=1S/C11H14F2N4O2/c1-11(2,3)8-15-19-10(18)17(8)6-7-14-4-5-16(7)9(12)13/h4-5,9H,6H2,1-3H3. The van der Waals surface area contributed by atoms with Crippen LogP contribution in [0.25, 0.3) is 0 Å². The lowest BCUT2D eigenvalue weighted by molar-refractivity contribution is 0.0665. The number of aromatic nitrogens is 4. The smallest absolute Gasteiger partial charge is 0.296 e. The molecule has 0 aromatic carbocycles. The summed E-state index contributed by atoms with van der Waals surface area (Å²) in [6.45, 7) is 2.74. The van der Waals surface area contributed by atoms with Gasteiger partial charge in [0.2, 0.25) is 0 Å². The van der Waals surface area contributed by atoms with E-state index < -0.39 is 17.7 Å². The van der Waals surface area contributed by atoms with E-state index in [9.17, 15) is 13.6 Å². The molecule has 0 fully saturated rings. The third-order valence-corrected chi connectivity index (χ3v) is 2.62. The summed E-state index contributed by atoms with van der Waals surface area (Å²) in [5.74, 6) is -0.221. The minimum atomic E-state index is -2.70. The summed E-state index contributed by atoms with van der Waals surface area (Å²) in [6, 6.07) is 0. The Morgan fingerprint density at radius 1 is 1.42 bits per heavy atom. The van der Waals surface area contributed by atoms with E-state index in [0.717, 1.165) is 6.20 Å². The molecule has 0 radical (unpaired) electrons. The molecule has 0 unspecified atom stereocenters. The molecule has 19 heavy (non-hydrogen) atoms. The van der Waals surface area contributed by atoms with Crippen LogP contribution >= 0.6 is 0 Å². The fourth-order valence-electron chi connectivity index (χ4n) is 1.73. The number of nitrogens with zero attached hydrogens (tertiary/aromatic N) is 4. The van der Waals surface area contributed by atoms with Crippen LogP contribution in [-0.2, 0) is 12.0 Å². The number of rotatable bonds is 3. The molecule has 2 aromatic heterocycles. The van der Waals surface area contributed by atoms with Crippen molar-refractivity contribution in [3.8, 4) is 0 Å². The number of halogens is 2. The molecule has 0 aliphatic heterocycles. The van der Waals surface area contributed by atoms with Crippen molar-refractivity contribution in [2.75, 3.05) is 0 Å². The predicted octanol–water partition coefficient (Wildman–Crippen LogP) is 1.77. The maximum atomic E-state index is 12.7. The van der Waals surface area contributed by atoms with Gasteiger partial charge in [-0.3, -0.25) is 13.7 Å². The number of imidazole rings is 1. The Balaban J connectivity index is 2.42. The lowest BCUT2D eigenvalue weighted by Gasteiger charge is -2.17. The van der Waals surface area contributed by atoms with E-state index >= 15 is 0 Å². The molecule has 0 atom stereocenters. The van der Waals surface area contributed by atoms with Crippen molar-refractivity contribution in [3.05, 3.63) is 34.6 Å². The first-order chi connectivity index (χ1) is 8.80. The number of hydrogen-bond acceptors (Lipinski definition) is 4. The first kappa shape index (κ1) is 13.4. The van der Waals surface area contributed by atoms with E-state index in [0.29, 0.717) is 10.4 Å². The second-order valence-corrected chi connectivity index (χ2v) is 5.14. The summed E-state index contributed by atoms with van der Waals surface area (Å²) < 4.78 is 32.0. The fraction of sp³-hybridized carbons (Fsp3) is 0.545. The van der Waals surface area contributed by atoms with Crippen LogP contribution in [-0.4, -0.2) is 19.3 Å². The van der Waals surface area contributed by atoms with Crippen LogP contribution in [0, 0.1) is 0 Å². The number of alkyl halides is 2. The molecule has 0 saturated heterocycles. The molecule has 2 aromatic rings. The van der Waals surface area contributed by atoms with Crippen LogP contribution in [0.4, 0.5) is 8.78 Å². The Labute approximate surface area is 107 Å². The molecule has 0 saturated carbocycles. The van der Waals surface area contributed by atoms with E-state index in [1.54, 1.807) is 0 Å². The van der Waals surface area contributed by atoms with Crippen LogP contribution in [0.2, 0.25) is 0 Å². The zero-order valence-corrected chi connectivity index (χ0v) is 10.8. The SMILES string of the molecule is CC(C)(C)c1noc(=O)n1Cc1nccn1C(F)F. The van der Waals surface area contributed by atoms with Crippen molar-refractivity contribution in [2.45, 2.75) is 39.3 Å². The normalized spacial score (nSPS) is 12.3. The first-order valence-corrected chi connectivity index (χ1v) is 5.67. The van der Waals surface area contributed by atoms with Gasteiger partial charge in [-0.15, -0.1) is 0 Å². The van der Waals surface area contributed by atoms with Crippen molar-refractivity contribution in [1.82, 2.24) is 19.3 Å². The summed E-state index contributed by atoms with van der Waals surface area (Å²) in [6.07, 6.45) is 2.42. The van der Waals surface area contributed by atoms with Gasteiger partial charge >= 0.3 is 12.3 Å². The van der Waals surface area contributed by atoms with Crippen LogP contribution in [0.1, 0.15) is 39.0 Å². The second kappa shape index (κ2) is 4.60. The Bertz CT molecular complexity index is 621. The summed E-state index contributed by atoms with van der Waals surface area (Å²) in [7, 11) is 0. The fourth-order valence-corrected chi connectivity index (χ4v) is 1.73. The molecule has 0 spiro atoms. The zero-order valence-electron chi connectivity index (χ0n) is 10.8. The van der Waals surface area contributed by atoms with E-state index in [2.05, 4.69) is 14.7 Å². The summed E-state index contributed by atoms with van der Waals surface area (Å²) in [5, 5.41) is 3.69. The third-order valence-electron chi connectivity index (χ3n) is 2.62. The lowest BCUT2D eigenvalue weighted by Crippen LogP contribution is -2.26. The highest BCUT2D eigenvalue weighted by atomic mass is 19.3. The monoisotopic (exact) mass is 272 g/mol. The van der Waals surface area contributed by atoms with Crippen LogP contribution < -0.4 is 5.76 Å². The maximum absolute atomic E-state index is 12.7. The average molecular weight is 272 g/mol. The highest BCUT2D eigenvalue weighted by molar-refractivity contribution is 5.03. The van der Waals surface area contributed by atoms with Crippen molar-refractivity contribution < 1.29 is 13.3 Å². The van der Waals surface area contributed by atoms with Gasteiger partial charge in [0.1, 0.15) is 5.82 Å². The van der Waals surface area contributed by atoms with Gasteiger partial charge in [0, 0.05) is 17.8 Å². The Kier molecular flexibility index (Phi) is 3.25. The molecule has 104 valence electrons. The van der Waals surface area contributed by atoms with Gasteiger partial charge in [-0.1, -0.05) is 25.9 Å². The number of hydrogen-bond donors (Lipinski definition) is 0. The Morgan fingerprint density at radius 2 is 2.11 bits per heavy atom. The molecule has 0 amide bonds. The highest BCUT2D eigenvalue weighted by Gasteiger charge is 2.25. The van der Waals surface area contributed by atoms with E-state index in [1.165, 1.54) is 10.8 Å². The van der Waals surface area contributed by atoms with E-state index in [1.807, 2.05) is 20.8 Å². The lowest BCUT2D eigenvalue weighted by atomic mass is 9.96. The van der Waals surface area contributed by atoms with Gasteiger partial charge in [0.05, 0.1) is 6.54 Å². The molecule has 6 nitrogen and oxygen atoms in total. The quantitative estimate of drug-likeness (QED) is 0.854. The molecule has 2 rings (SSSR count). The second-order valence-electron chi connectivity index (χ2n) is 5.14. The van der Waals surface area contributed by atoms with Crippen molar-refractivity contribution in [2.24, 2.45) is 0 Å². The maximum Gasteiger partial charge on any atom is 0.442 e. The van der Waals surface area contributed by atoms with Crippen molar-refractivity contribution >= 4 is 0 Å². The van der Waals surface area contributed by atoms with Gasteiger partial charge in [0.15, 0.2) is 5.82 Å². The third kappa shape index (κ3) is 2.56. The van der Waals surface area contributed by atoms with Crippen LogP contribution in [0.5, 0.6) is 0 Å². The van der Waals surface area contributed by atoms with Crippen LogP contribution in [0.15, 0.2) is 21.7 Å². The largest absolute Gasteiger partial charge is 0.442 e. The van der Waals surface area contributed by atoms with Gasteiger partial charge in [-0.2, -0.15) is 8.78 Å². The van der Waals surface area contributed by atoms with Gasteiger partial charge in [0.25, 0.3) is 0 Å². The molecular weight excluding hydrogens is 258 g/mol. The Hall–Kier alpha value is -1.99. The minimum Gasteiger partial charge on any atom is -0.296 e. The van der Waals surface area contributed by atoms with Gasteiger partial charge in [-0.25, -0.2) is 9.78 Å². The molecule has 2 heterocycles. The van der Waals surface area contributed by atoms with Gasteiger partial charge < -0.3 is 0 Å². The first-order valence-electron chi connectivity index (χ1n) is 5.67. The molecule has 0 aliphatic rings. The minimum absolute atomic E-state index is 0.0748. The topological polar surface area (TPSA) is 65.8 Å². The molecule has 0 N–H and O–H groups in total. The summed E-state index contributed by atoms with van der Waals surface area (Å²) >= 11 is 0. The Morgan fingerprint density at radius 3 is 2.68 bits per heavy atom. The van der Waals surface area contributed by atoms with Crippen molar-refractivity contribution in [3.63, 3.8) is 0 Å². The van der Waals surface area contributed by atoms with Gasteiger partial charge in [-0.05, 0) is 0 Å². The van der Waals surface area contributed by atoms with Crippen LogP contribution in [0.3, 0.4) is 0 Å². The molecule has 0 bridgehead atoms. The predicted molar refractivity (Wildman–Crippen MR) is 62.0 cm³/mol. The molecule has 8 heteroatoms. The summed E-state index contributed by atoms with van der Waals surface area (Å²) in [4.78, 5) is 15.4. The zero-order chi connectivity index (χ0) is 14.2. The van der Waals surface area contributed by atoms with E-state index in [-0.39, 0.29) is 12.4 Å². The van der Waals surface area contributed by atoms with E-state index in [4.69, 9.17) is 0 Å². The highest BCUT2D eigenvalue weighted by Crippen LogP contribution is 2.20. The average Bonchev–Trinajstić information content (AvgIpc) is 2.86. The summed E-state index contributed by atoms with van der Waals surface area (Å²) in [5.41, 5.74) is -0.436.